The topological polar surface area (TPSA) is 0 Å². The SMILES string of the molecule is Cc1ccc(SCc2ccc(S)cc2)c(F)c1. The Balaban J connectivity index is 2.04. The largest absolute Gasteiger partial charge is 0.206 e. The molecule has 17 heavy (non-hydrogen) atoms. The fourth-order valence-corrected chi connectivity index (χ4v) is 2.50. The Morgan fingerprint density at radius 2 is 1.82 bits per heavy atom. The number of aryl methyl sites for hydroxylation is 1. The maximum Gasteiger partial charge on any atom is 0.137 e. The number of halogens is 1. The van der Waals surface area contributed by atoms with Crippen LogP contribution >= 0.6 is 24.4 Å². The molecule has 0 fully saturated rings. The van der Waals surface area contributed by atoms with Crippen molar-refractivity contribution in [3.05, 3.63) is 59.4 Å². The summed E-state index contributed by atoms with van der Waals surface area (Å²) >= 11 is 5.75. The van der Waals surface area contributed by atoms with Crippen molar-refractivity contribution in [2.45, 2.75) is 22.5 Å². The Morgan fingerprint density at radius 1 is 1.12 bits per heavy atom. The van der Waals surface area contributed by atoms with E-state index in [4.69, 9.17) is 0 Å². The molecular formula is C14H13FS2. The third kappa shape index (κ3) is 3.51. The summed E-state index contributed by atoms with van der Waals surface area (Å²) in [6.45, 7) is 1.89. The quantitative estimate of drug-likeness (QED) is 0.618. The lowest BCUT2D eigenvalue weighted by atomic mass is 10.2. The Hall–Kier alpha value is -0.930. The summed E-state index contributed by atoms with van der Waals surface area (Å²) in [5.74, 6) is 0.634. The molecule has 0 aliphatic heterocycles. The summed E-state index contributed by atoms with van der Waals surface area (Å²) in [5, 5.41) is 0. The molecule has 0 heterocycles. The van der Waals surface area contributed by atoms with Crippen LogP contribution in [0.1, 0.15) is 11.1 Å². The molecule has 2 aromatic rings. The van der Waals surface area contributed by atoms with Gasteiger partial charge < -0.3 is 0 Å². The molecule has 0 atom stereocenters. The van der Waals surface area contributed by atoms with Gasteiger partial charge in [0.05, 0.1) is 0 Å². The van der Waals surface area contributed by atoms with Crippen LogP contribution in [0.25, 0.3) is 0 Å². The van der Waals surface area contributed by atoms with Crippen LogP contribution in [-0.4, -0.2) is 0 Å². The zero-order valence-electron chi connectivity index (χ0n) is 9.48. The maximum absolute atomic E-state index is 13.6. The van der Waals surface area contributed by atoms with Gasteiger partial charge in [-0.2, -0.15) is 0 Å². The van der Waals surface area contributed by atoms with Gasteiger partial charge in [0.25, 0.3) is 0 Å². The first-order chi connectivity index (χ1) is 8.15. The molecular weight excluding hydrogens is 251 g/mol. The molecule has 0 saturated carbocycles. The van der Waals surface area contributed by atoms with E-state index in [1.807, 2.05) is 43.3 Å². The number of benzene rings is 2. The van der Waals surface area contributed by atoms with Crippen LogP contribution in [0.3, 0.4) is 0 Å². The van der Waals surface area contributed by atoms with Gasteiger partial charge in [-0.3, -0.25) is 0 Å². The second-order valence-electron chi connectivity index (χ2n) is 3.89. The highest BCUT2D eigenvalue weighted by atomic mass is 32.2. The minimum absolute atomic E-state index is 0.138. The summed E-state index contributed by atoms with van der Waals surface area (Å²) in [6.07, 6.45) is 0. The van der Waals surface area contributed by atoms with Crippen molar-refractivity contribution in [2.24, 2.45) is 0 Å². The molecule has 0 aliphatic rings. The van der Waals surface area contributed by atoms with Crippen LogP contribution < -0.4 is 0 Å². The predicted molar refractivity (Wildman–Crippen MR) is 74.4 cm³/mol. The number of hydrogen-bond donors (Lipinski definition) is 1. The van der Waals surface area contributed by atoms with Gasteiger partial charge in [0, 0.05) is 15.5 Å². The van der Waals surface area contributed by atoms with E-state index in [2.05, 4.69) is 12.6 Å². The normalized spacial score (nSPS) is 10.5. The average Bonchev–Trinajstić information content (AvgIpc) is 2.30. The highest BCUT2D eigenvalue weighted by Gasteiger charge is 2.03. The molecule has 2 rings (SSSR count). The van der Waals surface area contributed by atoms with Gasteiger partial charge in [0.15, 0.2) is 0 Å². The van der Waals surface area contributed by atoms with Gasteiger partial charge >= 0.3 is 0 Å². The highest BCUT2D eigenvalue weighted by molar-refractivity contribution is 7.98. The molecule has 0 bridgehead atoms. The van der Waals surface area contributed by atoms with Crippen molar-refractivity contribution >= 4 is 24.4 Å². The monoisotopic (exact) mass is 264 g/mol. The van der Waals surface area contributed by atoms with Gasteiger partial charge in [-0.1, -0.05) is 18.2 Å². The molecule has 0 aliphatic carbocycles. The van der Waals surface area contributed by atoms with E-state index in [9.17, 15) is 4.39 Å². The summed E-state index contributed by atoms with van der Waals surface area (Å²) in [6, 6.07) is 13.3. The minimum Gasteiger partial charge on any atom is -0.206 e. The molecule has 0 radical (unpaired) electrons. The minimum atomic E-state index is -0.138. The smallest absolute Gasteiger partial charge is 0.137 e. The van der Waals surface area contributed by atoms with Crippen LogP contribution in [-0.2, 0) is 5.75 Å². The first-order valence-corrected chi connectivity index (χ1v) is 6.75. The summed E-state index contributed by atoms with van der Waals surface area (Å²) in [7, 11) is 0. The second-order valence-corrected chi connectivity index (χ2v) is 5.42. The fraction of sp³-hybridized carbons (Fsp3) is 0.143. The average molecular weight is 264 g/mol. The Labute approximate surface area is 111 Å². The third-order valence-corrected chi connectivity index (χ3v) is 3.84. The van der Waals surface area contributed by atoms with E-state index in [1.54, 1.807) is 6.07 Å². The van der Waals surface area contributed by atoms with Crippen molar-refractivity contribution in [3.63, 3.8) is 0 Å². The van der Waals surface area contributed by atoms with Crippen molar-refractivity contribution in [1.82, 2.24) is 0 Å². The van der Waals surface area contributed by atoms with Crippen molar-refractivity contribution in [3.8, 4) is 0 Å². The van der Waals surface area contributed by atoms with Gasteiger partial charge in [0.1, 0.15) is 5.82 Å². The summed E-state index contributed by atoms with van der Waals surface area (Å²) < 4.78 is 13.6. The lowest BCUT2D eigenvalue weighted by Gasteiger charge is -2.04. The van der Waals surface area contributed by atoms with E-state index >= 15 is 0 Å². The zero-order chi connectivity index (χ0) is 12.3. The van der Waals surface area contributed by atoms with Gasteiger partial charge in [-0.15, -0.1) is 24.4 Å². The third-order valence-electron chi connectivity index (χ3n) is 2.42. The van der Waals surface area contributed by atoms with Crippen LogP contribution in [0.2, 0.25) is 0 Å². The van der Waals surface area contributed by atoms with E-state index in [-0.39, 0.29) is 5.82 Å². The van der Waals surface area contributed by atoms with Crippen LogP contribution in [0, 0.1) is 12.7 Å². The number of hydrogen-bond acceptors (Lipinski definition) is 2. The molecule has 0 aromatic heterocycles. The highest BCUT2D eigenvalue weighted by Crippen LogP contribution is 2.26. The number of rotatable bonds is 3. The molecule has 0 amide bonds. The second kappa shape index (κ2) is 5.61. The lowest BCUT2D eigenvalue weighted by Crippen LogP contribution is -1.85. The Morgan fingerprint density at radius 3 is 2.47 bits per heavy atom. The van der Waals surface area contributed by atoms with Crippen molar-refractivity contribution in [2.75, 3.05) is 0 Å². The Bertz CT molecular complexity index is 506. The first kappa shape index (κ1) is 12.5. The van der Waals surface area contributed by atoms with Crippen LogP contribution in [0.5, 0.6) is 0 Å². The molecule has 0 saturated heterocycles. The van der Waals surface area contributed by atoms with Gasteiger partial charge in [-0.25, -0.2) is 4.39 Å². The van der Waals surface area contributed by atoms with Crippen LogP contribution in [0.4, 0.5) is 4.39 Å². The predicted octanol–water partition coefficient (Wildman–Crippen LogP) is 4.72. The van der Waals surface area contributed by atoms with Crippen molar-refractivity contribution < 1.29 is 4.39 Å². The van der Waals surface area contributed by atoms with Gasteiger partial charge in [0.2, 0.25) is 0 Å². The summed E-state index contributed by atoms with van der Waals surface area (Å²) in [5.41, 5.74) is 2.12. The van der Waals surface area contributed by atoms with Crippen LogP contribution in [0.15, 0.2) is 52.3 Å². The standard InChI is InChI=1S/C14H13FS2/c1-10-2-7-14(13(15)8-10)17-9-11-3-5-12(16)6-4-11/h2-8,16H,9H2,1H3. The molecule has 0 unspecified atom stereocenters. The fourth-order valence-electron chi connectivity index (χ4n) is 1.48. The van der Waals surface area contributed by atoms with E-state index < -0.39 is 0 Å². The lowest BCUT2D eigenvalue weighted by molar-refractivity contribution is 0.600. The number of thiol groups is 1. The van der Waals surface area contributed by atoms with E-state index in [1.165, 1.54) is 17.3 Å². The number of thioether (sulfide) groups is 1. The molecule has 3 heteroatoms. The van der Waals surface area contributed by atoms with Gasteiger partial charge in [-0.05, 0) is 42.3 Å². The first-order valence-electron chi connectivity index (χ1n) is 5.32. The van der Waals surface area contributed by atoms with E-state index in [0.717, 1.165) is 16.2 Å². The molecule has 0 nitrogen and oxygen atoms in total. The zero-order valence-corrected chi connectivity index (χ0v) is 11.2. The molecule has 2 aromatic carbocycles. The molecule has 88 valence electrons. The summed E-state index contributed by atoms with van der Waals surface area (Å²) in [4.78, 5) is 1.64. The Kier molecular flexibility index (Phi) is 4.13. The van der Waals surface area contributed by atoms with Crippen molar-refractivity contribution in [1.29, 1.82) is 0 Å². The molecule has 0 N–H and O–H groups in total. The maximum atomic E-state index is 13.6. The van der Waals surface area contributed by atoms with E-state index in [0.29, 0.717) is 4.90 Å². The molecule has 0 spiro atoms.